The van der Waals surface area contributed by atoms with Gasteiger partial charge in [0.15, 0.2) is 0 Å². The summed E-state index contributed by atoms with van der Waals surface area (Å²) in [6.45, 7) is 1.56. The predicted molar refractivity (Wildman–Crippen MR) is 108 cm³/mol. The summed E-state index contributed by atoms with van der Waals surface area (Å²) in [5.41, 5.74) is 5.84. The molecule has 0 amide bonds. The number of ether oxygens (including phenoxy) is 2. The fraction of sp³-hybridized carbons (Fsp3) is 0.348. The van der Waals surface area contributed by atoms with Crippen molar-refractivity contribution < 1.29 is 14.3 Å². The van der Waals surface area contributed by atoms with Crippen molar-refractivity contribution in [1.82, 2.24) is 4.90 Å². The molecular formula is C23H27NO3. The molecule has 0 bridgehead atoms. The van der Waals surface area contributed by atoms with Gasteiger partial charge >= 0.3 is 5.97 Å². The average molecular weight is 365 g/mol. The summed E-state index contributed by atoms with van der Waals surface area (Å²) in [7, 11) is 5.60. The summed E-state index contributed by atoms with van der Waals surface area (Å²) in [6, 6.07) is 14.6. The van der Waals surface area contributed by atoms with Crippen LogP contribution in [0.15, 0.2) is 48.5 Å². The molecular weight excluding hydrogens is 338 g/mol. The topological polar surface area (TPSA) is 38.8 Å². The van der Waals surface area contributed by atoms with Crippen molar-refractivity contribution >= 4 is 11.5 Å². The van der Waals surface area contributed by atoms with Gasteiger partial charge in [0.05, 0.1) is 7.11 Å². The number of hydrogen-bond acceptors (Lipinski definition) is 4. The maximum Gasteiger partial charge on any atom is 0.305 e. The highest BCUT2D eigenvalue weighted by Crippen LogP contribution is 2.37. The summed E-state index contributed by atoms with van der Waals surface area (Å²) >= 11 is 0. The molecule has 142 valence electrons. The lowest BCUT2D eigenvalue weighted by atomic mass is 9.92. The highest BCUT2D eigenvalue weighted by Gasteiger charge is 2.19. The Kier molecular flexibility index (Phi) is 6.30. The third-order valence-electron chi connectivity index (χ3n) is 4.80. The Hall–Kier alpha value is -2.59. The fourth-order valence-corrected chi connectivity index (χ4v) is 3.31. The van der Waals surface area contributed by atoms with Crippen LogP contribution in [0.1, 0.15) is 35.1 Å². The van der Waals surface area contributed by atoms with Crippen LogP contribution in [0.3, 0.4) is 0 Å². The highest BCUT2D eigenvalue weighted by molar-refractivity contribution is 5.85. The first kappa shape index (κ1) is 19.2. The third kappa shape index (κ3) is 4.77. The number of nitrogens with zero attached hydrogens (tertiary/aromatic N) is 1. The second-order valence-electron chi connectivity index (χ2n) is 7.06. The molecule has 3 rings (SSSR count). The van der Waals surface area contributed by atoms with Gasteiger partial charge in [-0.05, 0) is 61.3 Å². The van der Waals surface area contributed by atoms with Gasteiger partial charge in [-0.25, -0.2) is 0 Å². The molecule has 0 atom stereocenters. The molecule has 0 saturated heterocycles. The van der Waals surface area contributed by atoms with Crippen LogP contribution in [0.2, 0.25) is 0 Å². The molecule has 4 heteroatoms. The third-order valence-corrected chi connectivity index (χ3v) is 4.80. The van der Waals surface area contributed by atoms with Crippen molar-refractivity contribution in [1.29, 1.82) is 0 Å². The van der Waals surface area contributed by atoms with E-state index in [1.54, 1.807) is 0 Å². The predicted octanol–water partition coefficient (Wildman–Crippen LogP) is 4.07. The van der Waals surface area contributed by atoms with Gasteiger partial charge in [-0.15, -0.1) is 0 Å². The second-order valence-corrected chi connectivity index (χ2v) is 7.06. The van der Waals surface area contributed by atoms with E-state index in [2.05, 4.69) is 55.4 Å². The second kappa shape index (κ2) is 8.87. The zero-order valence-corrected chi connectivity index (χ0v) is 16.3. The van der Waals surface area contributed by atoms with Crippen LogP contribution < -0.4 is 4.74 Å². The number of benzene rings is 2. The molecule has 0 spiro atoms. The van der Waals surface area contributed by atoms with Gasteiger partial charge in [0.25, 0.3) is 0 Å². The number of esters is 1. The molecule has 0 aliphatic carbocycles. The molecule has 1 heterocycles. The molecule has 0 fully saturated rings. The zero-order valence-electron chi connectivity index (χ0n) is 16.3. The van der Waals surface area contributed by atoms with Gasteiger partial charge in [-0.3, -0.25) is 4.79 Å². The lowest BCUT2D eigenvalue weighted by molar-refractivity contribution is -0.140. The Bertz CT molecular complexity index is 839. The highest BCUT2D eigenvalue weighted by atomic mass is 16.5. The molecule has 0 aromatic heterocycles. The monoisotopic (exact) mass is 365 g/mol. The molecule has 2 aromatic rings. The van der Waals surface area contributed by atoms with Gasteiger partial charge in [-0.1, -0.05) is 36.4 Å². The molecule has 0 saturated carbocycles. The Balaban J connectivity index is 1.98. The van der Waals surface area contributed by atoms with E-state index in [-0.39, 0.29) is 5.97 Å². The van der Waals surface area contributed by atoms with E-state index in [9.17, 15) is 4.79 Å². The molecule has 27 heavy (non-hydrogen) atoms. The van der Waals surface area contributed by atoms with Crippen LogP contribution in [0.25, 0.3) is 5.57 Å². The lowest BCUT2D eigenvalue weighted by Gasteiger charge is -2.13. The minimum atomic E-state index is -0.187. The van der Waals surface area contributed by atoms with E-state index in [0.717, 1.165) is 29.8 Å². The van der Waals surface area contributed by atoms with Crippen molar-refractivity contribution in [3.63, 3.8) is 0 Å². The first-order chi connectivity index (χ1) is 13.1. The average Bonchev–Trinajstić information content (AvgIpc) is 2.83. The van der Waals surface area contributed by atoms with E-state index in [1.165, 1.54) is 23.8 Å². The first-order valence-corrected chi connectivity index (χ1v) is 9.34. The van der Waals surface area contributed by atoms with Crippen LogP contribution in [0.4, 0.5) is 0 Å². The molecule has 0 radical (unpaired) electrons. The van der Waals surface area contributed by atoms with E-state index >= 15 is 0 Å². The quantitative estimate of drug-likeness (QED) is 0.724. The lowest BCUT2D eigenvalue weighted by Crippen LogP contribution is -2.12. The van der Waals surface area contributed by atoms with Gasteiger partial charge < -0.3 is 14.4 Å². The largest absolute Gasteiger partial charge is 0.488 e. The van der Waals surface area contributed by atoms with E-state index < -0.39 is 0 Å². The Morgan fingerprint density at radius 3 is 2.78 bits per heavy atom. The van der Waals surface area contributed by atoms with Crippen LogP contribution in [-0.2, 0) is 22.6 Å². The maximum absolute atomic E-state index is 11.5. The molecule has 4 nitrogen and oxygen atoms in total. The van der Waals surface area contributed by atoms with Crippen molar-refractivity contribution in [2.45, 2.75) is 25.9 Å². The van der Waals surface area contributed by atoms with E-state index in [0.29, 0.717) is 19.4 Å². The summed E-state index contributed by atoms with van der Waals surface area (Å²) in [5.74, 6) is 0.706. The summed E-state index contributed by atoms with van der Waals surface area (Å²) in [6.07, 6.45) is 4.30. The number of fused-ring (bicyclic) bond motifs is 2. The zero-order chi connectivity index (χ0) is 19.2. The van der Waals surface area contributed by atoms with Crippen LogP contribution in [-0.4, -0.2) is 38.6 Å². The van der Waals surface area contributed by atoms with Crippen molar-refractivity contribution in [3.05, 3.63) is 70.8 Å². The summed E-state index contributed by atoms with van der Waals surface area (Å²) in [5, 5.41) is 0. The van der Waals surface area contributed by atoms with E-state index in [4.69, 9.17) is 9.47 Å². The minimum Gasteiger partial charge on any atom is -0.488 e. The fourth-order valence-electron chi connectivity index (χ4n) is 3.31. The van der Waals surface area contributed by atoms with Crippen molar-refractivity contribution in [2.24, 2.45) is 0 Å². The maximum atomic E-state index is 11.5. The van der Waals surface area contributed by atoms with Crippen LogP contribution >= 0.6 is 0 Å². The van der Waals surface area contributed by atoms with Crippen LogP contribution in [0.5, 0.6) is 5.75 Å². The Morgan fingerprint density at radius 2 is 2.00 bits per heavy atom. The van der Waals surface area contributed by atoms with Crippen molar-refractivity contribution in [2.75, 3.05) is 27.7 Å². The van der Waals surface area contributed by atoms with Gasteiger partial charge in [0.2, 0.25) is 0 Å². The Morgan fingerprint density at radius 1 is 1.19 bits per heavy atom. The van der Waals surface area contributed by atoms with Gasteiger partial charge in [0, 0.05) is 18.5 Å². The summed E-state index contributed by atoms with van der Waals surface area (Å²) < 4.78 is 10.9. The van der Waals surface area contributed by atoms with Gasteiger partial charge in [0.1, 0.15) is 12.4 Å². The summed E-state index contributed by atoms with van der Waals surface area (Å²) in [4.78, 5) is 13.7. The molecule has 1 aliphatic rings. The number of methoxy groups -OCH3 is 1. The standard InChI is InChI=1S/C23H27NO3/c1-24(2)14-6-9-20-19-8-5-4-7-18(19)16-27-22-12-10-17(15-21(20)22)11-13-23(25)26-3/h4-5,7-10,12,15H,6,11,13-14,16H2,1-3H3/b20-9-. The number of aryl methyl sites for hydroxylation is 1. The number of carbonyl (C=O) groups excluding carboxylic acids is 1. The molecule has 1 aliphatic heterocycles. The van der Waals surface area contributed by atoms with Gasteiger partial charge in [-0.2, -0.15) is 0 Å². The molecule has 0 unspecified atom stereocenters. The Labute approximate surface area is 161 Å². The van der Waals surface area contributed by atoms with Crippen LogP contribution in [0, 0.1) is 0 Å². The smallest absolute Gasteiger partial charge is 0.305 e. The normalized spacial score (nSPS) is 14.3. The molecule has 0 N–H and O–H groups in total. The minimum absolute atomic E-state index is 0.187. The first-order valence-electron chi connectivity index (χ1n) is 9.34. The van der Waals surface area contributed by atoms with E-state index in [1.807, 2.05) is 12.1 Å². The number of carbonyl (C=O) groups is 1. The number of hydrogen-bond donors (Lipinski definition) is 0. The molecule has 2 aromatic carbocycles. The number of rotatable bonds is 6. The SMILES string of the molecule is COC(=O)CCc1ccc2c(c1)/C(=C\CCN(C)C)c1ccccc1CO2. The van der Waals surface area contributed by atoms with Crippen molar-refractivity contribution in [3.8, 4) is 5.75 Å².